The molecular weight excluding hydrogens is 476 g/mol. The third-order valence-electron chi connectivity index (χ3n) is 6.05. The standard InChI is InChI=1S/C23H26N4O5S2/c28-23(18-3-5-19(6-4-18)34(29,30)27-11-14-31-15-12-27)26-9-7-25(8-10-26)16-22-24-20(17-33-22)21-2-1-13-32-21/h1-6,13,17H,7-12,14-16H2. The first kappa shape index (κ1) is 23.2. The minimum atomic E-state index is -3.57. The number of morpholine rings is 1. The number of carbonyl (C=O) groups excluding carboxylic acids is 1. The molecule has 0 radical (unpaired) electrons. The third-order valence-corrected chi connectivity index (χ3v) is 8.80. The molecule has 180 valence electrons. The Bertz CT molecular complexity index is 1210. The summed E-state index contributed by atoms with van der Waals surface area (Å²) >= 11 is 1.61. The van der Waals surface area contributed by atoms with E-state index >= 15 is 0 Å². The highest BCUT2D eigenvalue weighted by molar-refractivity contribution is 7.89. The lowest BCUT2D eigenvalue weighted by Crippen LogP contribution is -2.48. The number of nitrogens with zero attached hydrogens (tertiary/aromatic N) is 4. The number of carbonyl (C=O) groups is 1. The van der Waals surface area contributed by atoms with Crippen LogP contribution in [0.2, 0.25) is 0 Å². The largest absolute Gasteiger partial charge is 0.463 e. The van der Waals surface area contributed by atoms with E-state index in [0.717, 1.165) is 36.1 Å². The fourth-order valence-corrected chi connectivity index (χ4v) is 6.34. The lowest BCUT2D eigenvalue weighted by molar-refractivity contribution is 0.0628. The summed E-state index contributed by atoms with van der Waals surface area (Å²) in [7, 11) is -3.57. The fourth-order valence-electron chi connectivity index (χ4n) is 4.11. The van der Waals surface area contributed by atoms with E-state index in [-0.39, 0.29) is 10.8 Å². The van der Waals surface area contributed by atoms with Crippen molar-refractivity contribution in [2.24, 2.45) is 0 Å². The summed E-state index contributed by atoms with van der Waals surface area (Å²) in [4.78, 5) is 21.9. The van der Waals surface area contributed by atoms with E-state index in [0.29, 0.717) is 45.0 Å². The maximum atomic E-state index is 13.0. The van der Waals surface area contributed by atoms with E-state index in [1.807, 2.05) is 22.4 Å². The van der Waals surface area contributed by atoms with Gasteiger partial charge in [0.25, 0.3) is 5.91 Å². The molecule has 2 saturated heterocycles. The average molecular weight is 503 g/mol. The SMILES string of the molecule is O=C(c1ccc(S(=O)(=O)N2CCOCC2)cc1)N1CCN(Cc2nc(-c3ccco3)cs2)CC1. The molecule has 2 aliphatic rings. The normalized spacial score (nSPS) is 18.3. The molecule has 11 heteroatoms. The molecule has 2 aromatic heterocycles. The number of rotatable bonds is 6. The van der Waals surface area contributed by atoms with Crippen molar-refractivity contribution in [2.75, 3.05) is 52.5 Å². The summed E-state index contributed by atoms with van der Waals surface area (Å²) in [5.41, 5.74) is 1.34. The Balaban J connectivity index is 1.16. The van der Waals surface area contributed by atoms with Crippen molar-refractivity contribution in [2.45, 2.75) is 11.4 Å². The van der Waals surface area contributed by atoms with Crippen LogP contribution >= 0.6 is 11.3 Å². The van der Waals surface area contributed by atoms with E-state index in [1.165, 1.54) is 16.4 Å². The highest BCUT2D eigenvalue weighted by atomic mass is 32.2. The van der Waals surface area contributed by atoms with Gasteiger partial charge in [0, 0.05) is 50.2 Å². The number of piperazine rings is 1. The van der Waals surface area contributed by atoms with E-state index in [1.54, 1.807) is 29.7 Å². The van der Waals surface area contributed by atoms with Gasteiger partial charge in [0.2, 0.25) is 10.0 Å². The van der Waals surface area contributed by atoms with Crippen LogP contribution in [0.3, 0.4) is 0 Å². The second kappa shape index (κ2) is 9.96. The number of hydrogen-bond acceptors (Lipinski definition) is 8. The van der Waals surface area contributed by atoms with Crippen LogP contribution < -0.4 is 0 Å². The summed E-state index contributed by atoms with van der Waals surface area (Å²) in [6, 6.07) is 10.00. The summed E-state index contributed by atoms with van der Waals surface area (Å²) in [5, 5.41) is 3.01. The summed E-state index contributed by atoms with van der Waals surface area (Å²) in [6.07, 6.45) is 1.64. The molecule has 0 atom stereocenters. The molecule has 3 aromatic rings. The van der Waals surface area contributed by atoms with Crippen molar-refractivity contribution in [3.63, 3.8) is 0 Å². The monoisotopic (exact) mass is 502 g/mol. The lowest BCUT2D eigenvalue weighted by Gasteiger charge is -2.34. The minimum absolute atomic E-state index is 0.0793. The van der Waals surface area contributed by atoms with E-state index in [2.05, 4.69) is 9.88 Å². The Morgan fingerprint density at radius 1 is 1.00 bits per heavy atom. The molecule has 2 aliphatic heterocycles. The number of sulfonamides is 1. The second-order valence-electron chi connectivity index (χ2n) is 8.21. The molecule has 0 spiro atoms. The number of aromatic nitrogens is 1. The molecular formula is C23H26N4O5S2. The summed E-state index contributed by atoms with van der Waals surface area (Å²) in [5.74, 6) is 0.686. The van der Waals surface area contributed by atoms with Crippen LogP contribution in [-0.2, 0) is 21.3 Å². The average Bonchev–Trinajstić information content (AvgIpc) is 3.57. The molecule has 0 N–H and O–H groups in total. The number of thiazole rings is 1. The van der Waals surface area contributed by atoms with Crippen molar-refractivity contribution in [1.29, 1.82) is 0 Å². The summed E-state index contributed by atoms with van der Waals surface area (Å²) in [6.45, 7) is 4.96. The Labute approximate surface area is 202 Å². The number of benzene rings is 1. The zero-order valence-corrected chi connectivity index (χ0v) is 20.3. The Morgan fingerprint density at radius 3 is 2.41 bits per heavy atom. The molecule has 0 unspecified atom stereocenters. The van der Waals surface area contributed by atoms with Crippen LogP contribution in [0.25, 0.3) is 11.5 Å². The lowest BCUT2D eigenvalue weighted by atomic mass is 10.2. The second-order valence-corrected chi connectivity index (χ2v) is 11.1. The van der Waals surface area contributed by atoms with Crippen molar-refractivity contribution >= 4 is 27.3 Å². The van der Waals surface area contributed by atoms with Gasteiger partial charge in [-0.15, -0.1) is 11.3 Å². The van der Waals surface area contributed by atoms with Crippen LogP contribution in [0, 0.1) is 0 Å². The van der Waals surface area contributed by atoms with Gasteiger partial charge in [0.05, 0.1) is 30.9 Å². The Morgan fingerprint density at radius 2 is 1.74 bits per heavy atom. The smallest absolute Gasteiger partial charge is 0.253 e. The molecule has 1 aromatic carbocycles. The van der Waals surface area contributed by atoms with Gasteiger partial charge >= 0.3 is 0 Å². The first-order valence-electron chi connectivity index (χ1n) is 11.2. The fraction of sp³-hybridized carbons (Fsp3) is 0.391. The molecule has 0 saturated carbocycles. The number of hydrogen-bond donors (Lipinski definition) is 0. The quantitative estimate of drug-likeness (QED) is 0.511. The van der Waals surface area contributed by atoms with E-state index < -0.39 is 10.0 Å². The molecule has 1 amide bonds. The van der Waals surface area contributed by atoms with Crippen LogP contribution in [0.4, 0.5) is 0 Å². The van der Waals surface area contributed by atoms with Gasteiger partial charge in [0.15, 0.2) is 5.76 Å². The highest BCUT2D eigenvalue weighted by Crippen LogP contribution is 2.24. The molecule has 0 aliphatic carbocycles. The number of furan rings is 1. The number of amides is 1. The van der Waals surface area contributed by atoms with Crippen LogP contribution in [0.5, 0.6) is 0 Å². The van der Waals surface area contributed by atoms with Gasteiger partial charge in [-0.25, -0.2) is 13.4 Å². The third kappa shape index (κ3) is 4.93. The zero-order chi connectivity index (χ0) is 23.5. The molecule has 5 rings (SSSR count). The van der Waals surface area contributed by atoms with E-state index in [9.17, 15) is 13.2 Å². The predicted octanol–water partition coefficient (Wildman–Crippen LogP) is 2.38. The maximum absolute atomic E-state index is 13.0. The molecule has 0 bridgehead atoms. The van der Waals surface area contributed by atoms with Gasteiger partial charge in [0.1, 0.15) is 10.7 Å². The van der Waals surface area contributed by atoms with Gasteiger partial charge in [-0.1, -0.05) is 0 Å². The Hall–Kier alpha value is -2.57. The van der Waals surface area contributed by atoms with Crippen molar-refractivity contribution in [3.05, 3.63) is 58.6 Å². The zero-order valence-electron chi connectivity index (χ0n) is 18.6. The molecule has 4 heterocycles. The van der Waals surface area contributed by atoms with Crippen LogP contribution in [0.15, 0.2) is 57.4 Å². The van der Waals surface area contributed by atoms with Gasteiger partial charge in [-0.05, 0) is 36.4 Å². The molecule has 2 fully saturated rings. The van der Waals surface area contributed by atoms with Gasteiger partial charge in [-0.3, -0.25) is 9.69 Å². The molecule has 34 heavy (non-hydrogen) atoms. The first-order chi connectivity index (χ1) is 16.5. The van der Waals surface area contributed by atoms with Crippen molar-refractivity contribution < 1.29 is 22.4 Å². The Kier molecular flexibility index (Phi) is 6.79. The predicted molar refractivity (Wildman–Crippen MR) is 127 cm³/mol. The highest BCUT2D eigenvalue weighted by Gasteiger charge is 2.27. The van der Waals surface area contributed by atoms with Crippen molar-refractivity contribution in [1.82, 2.24) is 19.1 Å². The van der Waals surface area contributed by atoms with Crippen molar-refractivity contribution in [3.8, 4) is 11.5 Å². The van der Waals surface area contributed by atoms with Gasteiger partial charge in [-0.2, -0.15) is 4.31 Å². The minimum Gasteiger partial charge on any atom is -0.463 e. The van der Waals surface area contributed by atoms with Crippen LogP contribution in [-0.4, -0.2) is 85.9 Å². The van der Waals surface area contributed by atoms with Crippen LogP contribution in [0.1, 0.15) is 15.4 Å². The summed E-state index contributed by atoms with van der Waals surface area (Å²) < 4.78 is 37.6. The number of ether oxygens (including phenoxy) is 1. The first-order valence-corrected chi connectivity index (χ1v) is 13.5. The van der Waals surface area contributed by atoms with Gasteiger partial charge < -0.3 is 14.1 Å². The molecule has 9 nitrogen and oxygen atoms in total. The maximum Gasteiger partial charge on any atom is 0.253 e. The van der Waals surface area contributed by atoms with E-state index in [4.69, 9.17) is 9.15 Å². The topological polar surface area (TPSA) is 96.2 Å².